The Morgan fingerprint density at radius 2 is 2.00 bits per heavy atom. The minimum Gasteiger partial charge on any atom is -0.331 e. The summed E-state index contributed by atoms with van der Waals surface area (Å²) in [4.78, 5) is 24.5. The maximum atomic E-state index is 12.7. The van der Waals surface area contributed by atoms with Gasteiger partial charge in [-0.15, -0.1) is 11.8 Å². The molecule has 1 aliphatic rings. The van der Waals surface area contributed by atoms with Crippen LogP contribution in [-0.2, 0) is 19.4 Å². The predicted molar refractivity (Wildman–Crippen MR) is 118 cm³/mol. The summed E-state index contributed by atoms with van der Waals surface area (Å²) in [5.41, 5.74) is 0.0738. The second-order valence-corrected chi connectivity index (χ2v) is 10.6. The van der Waals surface area contributed by atoms with E-state index in [2.05, 4.69) is 31.9 Å². The molecule has 0 bridgehead atoms. The van der Waals surface area contributed by atoms with E-state index < -0.39 is 26.5 Å². The van der Waals surface area contributed by atoms with E-state index in [4.69, 9.17) is 11.6 Å². The molecule has 1 heterocycles. The Bertz CT molecular complexity index is 1040. The summed E-state index contributed by atoms with van der Waals surface area (Å²) in [6, 6.07) is 13.0. The first kappa shape index (κ1) is 22.1. The number of nitrogens with one attached hydrogen (secondary N) is 3. The molecule has 1 fully saturated rings. The number of anilines is 1. The van der Waals surface area contributed by atoms with Crippen molar-refractivity contribution in [2.24, 2.45) is 0 Å². The molecule has 0 saturated carbocycles. The van der Waals surface area contributed by atoms with Crippen molar-refractivity contribution in [2.45, 2.75) is 15.6 Å². The maximum absolute atomic E-state index is 12.7. The Kier molecular flexibility index (Phi) is 7.23. The quantitative estimate of drug-likeness (QED) is 0.543. The Morgan fingerprint density at radius 1 is 1.24 bits per heavy atom. The maximum Gasteiger partial charge on any atom is 0.241 e. The minimum atomic E-state index is -3.89. The van der Waals surface area contributed by atoms with E-state index >= 15 is 0 Å². The summed E-state index contributed by atoms with van der Waals surface area (Å²) in [7, 11) is -3.89. The van der Waals surface area contributed by atoms with Crippen molar-refractivity contribution < 1.29 is 18.0 Å². The molecule has 2 aromatic carbocycles. The van der Waals surface area contributed by atoms with E-state index in [-0.39, 0.29) is 28.1 Å². The van der Waals surface area contributed by atoms with Crippen LogP contribution >= 0.6 is 39.3 Å². The number of halogens is 2. The Labute approximate surface area is 186 Å². The van der Waals surface area contributed by atoms with Crippen LogP contribution in [0.2, 0.25) is 5.02 Å². The van der Waals surface area contributed by atoms with E-state index in [1.807, 2.05) is 12.1 Å². The van der Waals surface area contributed by atoms with Crippen LogP contribution in [0.3, 0.4) is 0 Å². The fourth-order valence-electron chi connectivity index (χ4n) is 2.65. The fraction of sp³-hybridized carbons (Fsp3) is 0.222. The number of benzene rings is 2. The van der Waals surface area contributed by atoms with Gasteiger partial charge >= 0.3 is 0 Å². The summed E-state index contributed by atoms with van der Waals surface area (Å²) in [6.45, 7) is -0.0653. The molecule has 1 saturated heterocycles. The molecule has 2 amide bonds. The van der Waals surface area contributed by atoms with Gasteiger partial charge in [0, 0.05) is 16.0 Å². The standard InChI is InChI=1S/C18H17BrClN3O4S2/c19-13-6-1-2-7-14(13)22-16(24)10-28-18-21-9-15(17(25)23-18)29(26,27)12-5-3-4-11(20)8-12/h1-8,15,18,21H,9-10H2,(H,22,24)(H,23,25). The van der Waals surface area contributed by atoms with E-state index in [0.29, 0.717) is 5.69 Å². The Balaban J connectivity index is 1.55. The third-order valence-corrected chi connectivity index (χ3v) is 8.10. The van der Waals surface area contributed by atoms with Crippen LogP contribution in [0, 0.1) is 0 Å². The summed E-state index contributed by atoms with van der Waals surface area (Å²) in [5, 5.41) is 7.32. The second kappa shape index (κ2) is 9.48. The predicted octanol–water partition coefficient (Wildman–Crippen LogP) is 2.62. The van der Waals surface area contributed by atoms with E-state index in [1.165, 1.54) is 18.2 Å². The highest BCUT2D eigenvalue weighted by molar-refractivity contribution is 9.10. The largest absolute Gasteiger partial charge is 0.331 e. The molecule has 0 aliphatic carbocycles. The van der Waals surface area contributed by atoms with E-state index in [9.17, 15) is 18.0 Å². The van der Waals surface area contributed by atoms with Gasteiger partial charge in [0.1, 0.15) is 5.50 Å². The van der Waals surface area contributed by atoms with Gasteiger partial charge in [0.25, 0.3) is 0 Å². The number of sulfone groups is 1. The number of hydrogen-bond donors (Lipinski definition) is 3. The number of amides is 2. The molecule has 1 aliphatic heterocycles. The van der Waals surface area contributed by atoms with Gasteiger partial charge in [0.15, 0.2) is 15.1 Å². The van der Waals surface area contributed by atoms with Gasteiger partial charge in [-0.3, -0.25) is 14.9 Å². The van der Waals surface area contributed by atoms with Crippen molar-refractivity contribution in [1.82, 2.24) is 10.6 Å². The second-order valence-electron chi connectivity index (χ2n) is 6.13. The van der Waals surface area contributed by atoms with Gasteiger partial charge in [-0.05, 0) is 46.3 Å². The monoisotopic (exact) mass is 517 g/mol. The average molecular weight is 519 g/mol. The average Bonchev–Trinajstić information content (AvgIpc) is 2.68. The summed E-state index contributed by atoms with van der Waals surface area (Å²) < 4.78 is 26.2. The highest BCUT2D eigenvalue weighted by Gasteiger charge is 2.38. The Morgan fingerprint density at radius 3 is 2.69 bits per heavy atom. The molecule has 29 heavy (non-hydrogen) atoms. The molecule has 2 aromatic rings. The topological polar surface area (TPSA) is 104 Å². The first-order chi connectivity index (χ1) is 13.8. The van der Waals surface area contributed by atoms with Crippen LogP contribution in [0.15, 0.2) is 57.9 Å². The lowest BCUT2D eigenvalue weighted by Crippen LogP contribution is -2.59. The normalized spacial score (nSPS) is 19.4. The molecular formula is C18H17BrClN3O4S2. The van der Waals surface area contributed by atoms with Crippen LogP contribution < -0.4 is 16.0 Å². The summed E-state index contributed by atoms with van der Waals surface area (Å²) >= 11 is 10.4. The van der Waals surface area contributed by atoms with Crippen LogP contribution in [-0.4, -0.2) is 43.3 Å². The van der Waals surface area contributed by atoms with Crippen molar-refractivity contribution in [1.29, 1.82) is 0 Å². The van der Waals surface area contributed by atoms with Gasteiger partial charge < -0.3 is 10.6 Å². The van der Waals surface area contributed by atoms with Gasteiger partial charge in [-0.2, -0.15) is 0 Å². The molecule has 7 nitrogen and oxygen atoms in total. The van der Waals surface area contributed by atoms with Crippen molar-refractivity contribution >= 4 is 66.6 Å². The molecule has 3 rings (SSSR count). The van der Waals surface area contributed by atoms with Crippen molar-refractivity contribution in [3.05, 3.63) is 58.0 Å². The van der Waals surface area contributed by atoms with Gasteiger partial charge in [0.2, 0.25) is 11.8 Å². The van der Waals surface area contributed by atoms with Crippen LogP contribution in [0.1, 0.15) is 0 Å². The molecule has 2 atom stereocenters. The molecule has 0 radical (unpaired) electrons. The molecular weight excluding hydrogens is 502 g/mol. The third kappa shape index (κ3) is 5.52. The Hall–Kier alpha value is -1.59. The number of thioether (sulfide) groups is 1. The number of rotatable bonds is 6. The van der Waals surface area contributed by atoms with Crippen molar-refractivity contribution in [3.63, 3.8) is 0 Å². The number of carbonyl (C=O) groups excluding carboxylic acids is 2. The molecule has 0 spiro atoms. The molecule has 11 heteroatoms. The highest BCUT2D eigenvalue weighted by atomic mass is 79.9. The first-order valence-electron chi connectivity index (χ1n) is 8.46. The molecule has 0 aromatic heterocycles. The number of hydrogen-bond acceptors (Lipinski definition) is 6. The van der Waals surface area contributed by atoms with Crippen molar-refractivity contribution in [2.75, 3.05) is 17.6 Å². The van der Waals surface area contributed by atoms with Gasteiger partial charge in [-0.25, -0.2) is 8.42 Å². The van der Waals surface area contributed by atoms with Gasteiger partial charge in [-0.1, -0.05) is 29.8 Å². The summed E-state index contributed by atoms with van der Waals surface area (Å²) in [5.74, 6) is -0.788. The van der Waals surface area contributed by atoms with Crippen LogP contribution in [0.4, 0.5) is 5.69 Å². The fourth-order valence-corrected chi connectivity index (χ4v) is 5.64. The van der Waals surface area contributed by atoms with Crippen molar-refractivity contribution in [3.8, 4) is 0 Å². The SMILES string of the molecule is O=C(CSC1NCC(S(=O)(=O)c2cccc(Cl)c2)C(=O)N1)Nc1ccccc1Br. The first-order valence-corrected chi connectivity index (χ1v) is 12.2. The lowest BCUT2D eigenvalue weighted by atomic mass is 10.3. The number of carbonyl (C=O) groups is 2. The van der Waals surface area contributed by atoms with E-state index in [1.54, 1.807) is 18.2 Å². The minimum absolute atomic E-state index is 0.00845. The molecule has 3 N–H and O–H groups in total. The third-order valence-electron chi connectivity index (χ3n) is 4.08. The highest BCUT2D eigenvalue weighted by Crippen LogP contribution is 2.23. The molecule has 154 valence electrons. The smallest absolute Gasteiger partial charge is 0.241 e. The van der Waals surface area contributed by atoms with Crippen LogP contribution in [0.5, 0.6) is 0 Å². The summed E-state index contributed by atoms with van der Waals surface area (Å²) in [6.07, 6.45) is 0. The zero-order valence-electron chi connectivity index (χ0n) is 14.9. The lowest BCUT2D eigenvalue weighted by Gasteiger charge is -2.29. The zero-order valence-corrected chi connectivity index (χ0v) is 18.9. The zero-order chi connectivity index (χ0) is 21.0. The van der Waals surface area contributed by atoms with Gasteiger partial charge in [0.05, 0.1) is 16.3 Å². The van der Waals surface area contributed by atoms with E-state index in [0.717, 1.165) is 16.2 Å². The van der Waals surface area contributed by atoms with Crippen LogP contribution in [0.25, 0.3) is 0 Å². The molecule has 2 unspecified atom stereocenters. The lowest BCUT2D eigenvalue weighted by molar-refractivity contribution is -0.122. The number of para-hydroxylation sites is 1.